The number of rotatable bonds is 2. The van der Waals surface area contributed by atoms with Crippen LogP contribution in [-0.4, -0.2) is 17.0 Å². The average Bonchev–Trinajstić information content (AvgIpc) is 2.74. The molecule has 0 bridgehead atoms. The Hall–Kier alpha value is -1.13. The van der Waals surface area contributed by atoms with Gasteiger partial charge in [0.05, 0.1) is 5.02 Å². The van der Waals surface area contributed by atoms with Crippen LogP contribution in [-0.2, 0) is 12.8 Å². The normalized spacial score (nSPS) is 14.4. The van der Waals surface area contributed by atoms with E-state index in [0.29, 0.717) is 5.02 Å². The van der Waals surface area contributed by atoms with Crippen LogP contribution in [0.25, 0.3) is 11.4 Å². The lowest BCUT2D eigenvalue weighted by Crippen LogP contribution is -2.06. The van der Waals surface area contributed by atoms with E-state index in [0.717, 1.165) is 34.5 Å². The van der Waals surface area contributed by atoms with Gasteiger partial charge in [-0.3, -0.25) is 0 Å². The Morgan fingerprint density at radius 1 is 1.14 bits per heavy atom. The summed E-state index contributed by atoms with van der Waals surface area (Å²) in [6.45, 7) is 0. The Labute approximate surface area is 138 Å². The summed E-state index contributed by atoms with van der Waals surface area (Å²) in [7, 11) is 1.92. The Morgan fingerprint density at radius 2 is 1.95 bits per heavy atom. The molecule has 110 valence electrons. The van der Waals surface area contributed by atoms with E-state index in [1.54, 1.807) is 0 Å². The second-order valence-electron chi connectivity index (χ2n) is 5.26. The molecule has 0 unspecified atom stereocenters. The number of nitrogens with one attached hydrogen (secondary N) is 1. The number of aromatic nitrogens is 2. The van der Waals surface area contributed by atoms with Gasteiger partial charge in [0.25, 0.3) is 0 Å². The first-order chi connectivity index (χ1) is 10.2. The molecule has 0 radical (unpaired) electrons. The average molecular weight is 367 g/mol. The first-order valence-corrected chi connectivity index (χ1v) is 8.39. The van der Waals surface area contributed by atoms with Crippen molar-refractivity contribution in [3.8, 4) is 11.4 Å². The zero-order valence-corrected chi connectivity index (χ0v) is 14.3. The van der Waals surface area contributed by atoms with Gasteiger partial charge < -0.3 is 5.32 Å². The second-order valence-corrected chi connectivity index (χ2v) is 6.52. The van der Waals surface area contributed by atoms with Gasteiger partial charge in [-0.1, -0.05) is 18.0 Å². The molecule has 1 aromatic carbocycles. The van der Waals surface area contributed by atoms with Crippen LogP contribution in [0.5, 0.6) is 0 Å². The van der Waals surface area contributed by atoms with Crippen LogP contribution >= 0.6 is 27.5 Å². The van der Waals surface area contributed by atoms with Gasteiger partial charge in [-0.15, -0.1) is 0 Å². The number of benzene rings is 1. The molecule has 1 N–H and O–H groups in total. The molecule has 0 fully saturated rings. The smallest absolute Gasteiger partial charge is 0.161 e. The fourth-order valence-corrected chi connectivity index (χ4v) is 3.17. The van der Waals surface area contributed by atoms with Crippen molar-refractivity contribution in [2.75, 3.05) is 12.4 Å². The summed E-state index contributed by atoms with van der Waals surface area (Å²) >= 11 is 9.60. The van der Waals surface area contributed by atoms with Gasteiger partial charge in [0.15, 0.2) is 5.82 Å². The largest absolute Gasteiger partial charge is 0.373 e. The molecule has 1 aliphatic carbocycles. The molecule has 21 heavy (non-hydrogen) atoms. The van der Waals surface area contributed by atoms with Crippen LogP contribution < -0.4 is 5.32 Å². The molecule has 0 saturated carbocycles. The molecule has 0 atom stereocenters. The Morgan fingerprint density at radius 3 is 2.71 bits per heavy atom. The van der Waals surface area contributed by atoms with Gasteiger partial charge in [-0.05, 0) is 59.8 Å². The molecule has 2 aromatic rings. The minimum absolute atomic E-state index is 0.678. The highest BCUT2D eigenvalue weighted by Gasteiger charge is 2.17. The summed E-state index contributed by atoms with van der Waals surface area (Å²) < 4.78 is 0.886. The molecule has 1 aliphatic rings. The second kappa shape index (κ2) is 6.32. The highest BCUT2D eigenvalue weighted by molar-refractivity contribution is 9.10. The lowest BCUT2D eigenvalue weighted by molar-refractivity contribution is 0.709. The van der Waals surface area contributed by atoms with Crippen molar-refractivity contribution in [3.63, 3.8) is 0 Å². The Bertz CT molecular complexity index is 673. The monoisotopic (exact) mass is 365 g/mol. The summed E-state index contributed by atoms with van der Waals surface area (Å²) in [6.07, 6.45) is 5.78. The van der Waals surface area contributed by atoms with E-state index in [4.69, 9.17) is 21.6 Å². The number of halogens is 2. The zero-order valence-electron chi connectivity index (χ0n) is 11.9. The summed E-state index contributed by atoms with van der Waals surface area (Å²) in [5.74, 6) is 1.70. The number of fused-ring (bicyclic) bond motifs is 1. The van der Waals surface area contributed by atoms with Crippen LogP contribution in [0.15, 0.2) is 22.7 Å². The third kappa shape index (κ3) is 3.06. The fraction of sp³-hybridized carbons (Fsp3) is 0.375. The zero-order chi connectivity index (χ0) is 14.8. The highest BCUT2D eigenvalue weighted by atomic mass is 79.9. The van der Waals surface area contributed by atoms with Gasteiger partial charge in [0.2, 0.25) is 0 Å². The Balaban J connectivity index is 2.10. The summed E-state index contributed by atoms with van der Waals surface area (Å²) in [4.78, 5) is 9.49. The topological polar surface area (TPSA) is 37.8 Å². The van der Waals surface area contributed by atoms with E-state index in [-0.39, 0.29) is 0 Å². The van der Waals surface area contributed by atoms with E-state index in [2.05, 4.69) is 21.2 Å². The highest BCUT2D eigenvalue weighted by Crippen LogP contribution is 2.30. The first kappa shape index (κ1) is 14.8. The van der Waals surface area contributed by atoms with Gasteiger partial charge >= 0.3 is 0 Å². The van der Waals surface area contributed by atoms with E-state index >= 15 is 0 Å². The van der Waals surface area contributed by atoms with Gasteiger partial charge in [0, 0.05) is 28.3 Å². The minimum Gasteiger partial charge on any atom is -0.373 e. The number of nitrogens with zero attached hydrogens (tertiary/aromatic N) is 2. The number of hydrogen-bond donors (Lipinski definition) is 1. The molecule has 5 heteroatoms. The van der Waals surface area contributed by atoms with Crippen molar-refractivity contribution < 1.29 is 0 Å². The molecular weight excluding hydrogens is 350 g/mol. The first-order valence-electron chi connectivity index (χ1n) is 7.22. The summed E-state index contributed by atoms with van der Waals surface area (Å²) in [5.41, 5.74) is 3.41. The molecule has 1 aromatic heterocycles. The Kier molecular flexibility index (Phi) is 4.45. The molecular formula is C16H17BrClN3. The van der Waals surface area contributed by atoms with Crippen molar-refractivity contribution >= 4 is 33.3 Å². The van der Waals surface area contributed by atoms with Crippen molar-refractivity contribution in [1.82, 2.24) is 9.97 Å². The van der Waals surface area contributed by atoms with Gasteiger partial charge in [0.1, 0.15) is 5.82 Å². The minimum atomic E-state index is 0.678. The van der Waals surface area contributed by atoms with E-state index in [1.165, 1.54) is 30.5 Å². The van der Waals surface area contributed by atoms with Crippen molar-refractivity contribution in [3.05, 3.63) is 39.0 Å². The van der Waals surface area contributed by atoms with E-state index < -0.39 is 0 Å². The molecule has 3 nitrogen and oxygen atoms in total. The third-order valence-electron chi connectivity index (χ3n) is 3.85. The lowest BCUT2D eigenvalue weighted by atomic mass is 10.1. The predicted octanol–water partition coefficient (Wildman–Crippen LogP) is 4.87. The molecule has 3 rings (SSSR count). The van der Waals surface area contributed by atoms with Gasteiger partial charge in [-0.25, -0.2) is 9.97 Å². The standard InChI is InChI=1S/C16H17BrClN3/c1-19-16-11-5-3-2-4-6-14(11)20-15(21-16)10-7-8-12(17)13(18)9-10/h7-9H,2-6H2,1H3,(H,19,20,21). The van der Waals surface area contributed by atoms with Crippen LogP contribution in [0.4, 0.5) is 5.82 Å². The van der Waals surface area contributed by atoms with Gasteiger partial charge in [-0.2, -0.15) is 0 Å². The van der Waals surface area contributed by atoms with Crippen molar-refractivity contribution in [2.24, 2.45) is 0 Å². The maximum absolute atomic E-state index is 6.19. The summed E-state index contributed by atoms with van der Waals surface area (Å²) in [6, 6.07) is 5.84. The van der Waals surface area contributed by atoms with Crippen molar-refractivity contribution in [1.29, 1.82) is 0 Å². The molecule has 0 aliphatic heterocycles. The lowest BCUT2D eigenvalue weighted by Gasteiger charge is -2.13. The molecule has 0 spiro atoms. The van der Waals surface area contributed by atoms with Crippen LogP contribution in [0.2, 0.25) is 5.02 Å². The maximum Gasteiger partial charge on any atom is 0.161 e. The fourth-order valence-electron chi connectivity index (χ4n) is 2.74. The van der Waals surface area contributed by atoms with E-state index in [1.807, 2.05) is 25.2 Å². The molecule has 1 heterocycles. The predicted molar refractivity (Wildman–Crippen MR) is 91.0 cm³/mol. The van der Waals surface area contributed by atoms with Crippen LogP contribution in [0, 0.1) is 0 Å². The van der Waals surface area contributed by atoms with Crippen molar-refractivity contribution in [2.45, 2.75) is 32.1 Å². The number of hydrogen-bond acceptors (Lipinski definition) is 3. The molecule has 0 amide bonds. The number of anilines is 1. The van der Waals surface area contributed by atoms with Crippen LogP contribution in [0.3, 0.4) is 0 Å². The van der Waals surface area contributed by atoms with E-state index in [9.17, 15) is 0 Å². The molecule has 0 saturated heterocycles. The maximum atomic E-state index is 6.19. The SMILES string of the molecule is CNc1nc(-c2ccc(Br)c(Cl)c2)nc2c1CCCCC2. The summed E-state index contributed by atoms with van der Waals surface area (Å²) in [5, 5.41) is 3.90. The van der Waals surface area contributed by atoms with Crippen LogP contribution in [0.1, 0.15) is 30.5 Å². The quantitative estimate of drug-likeness (QED) is 0.770. The third-order valence-corrected chi connectivity index (χ3v) is 5.08. The number of aryl methyl sites for hydroxylation is 1.